The number of rotatable bonds is 5. The average molecular weight is 417 g/mol. The highest BCUT2D eigenvalue weighted by atomic mass is 32.1. The maximum absolute atomic E-state index is 12.9. The number of fused-ring (bicyclic) bond motifs is 1. The molecular formula is C20H24N4O4S. The average Bonchev–Trinajstić information content (AvgIpc) is 2.87. The Kier molecular flexibility index (Phi) is 6.33. The fourth-order valence-electron chi connectivity index (χ4n) is 3.72. The van der Waals surface area contributed by atoms with Gasteiger partial charge in [-0.05, 0) is 32.3 Å². The van der Waals surface area contributed by atoms with Crippen molar-refractivity contribution in [3.05, 3.63) is 27.1 Å². The van der Waals surface area contributed by atoms with Gasteiger partial charge in [0.2, 0.25) is 5.91 Å². The van der Waals surface area contributed by atoms with Crippen LogP contribution >= 0.6 is 11.3 Å². The largest absolute Gasteiger partial charge is 0.462 e. The molecular weight excluding hydrogens is 392 g/mol. The highest BCUT2D eigenvalue weighted by Crippen LogP contribution is 2.28. The van der Waals surface area contributed by atoms with Gasteiger partial charge < -0.3 is 10.1 Å². The summed E-state index contributed by atoms with van der Waals surface area (Å²) in [5.41, 5.74) is -0.751. The van der Waals surface area contributed by atoms with Gasteiger partial charge in [-0.15, -0.1) is 11.3 Å². The summed E-state index contributed by atoms with van der Waals surface area (Å²) in [5, 5.41) is 12.8. The number of hydrogen-bond donors (Lipinski definition) is 1. The molecule has 9 heteroatoms. The molecule has 1 saturated carbocycles. The number of ether oxygens (including phenoxy) is 1. The van der Waals surface area contributed by atoms with E-state index in [1.807, 2.05) is 0 Å². The van der Waals surface area contributed by atoms with Gasteiger partial charge in [-0.1, -0.05) is 25.7 Å². The van der Waals surface area contributed by atoms with Crippen molar-refractivity contribution in [1.82, 2.24) is 14.9 Å². The van der Waals surface area contributed by atoms with Crippen molar-refractivity contribution in [2.75, 3.05) is 6.61 Å². The first-order valence-electron chi connectivity index (χ1n) is 9.78. The normalized spacial score (nSPS) is 16.0. The van der Waals surface area contributed by atoms with Crippen LogP contribution in [0.3, 0.4) is 0 Å². The molecule has 2 aromatic heterocycles. The van der Waals surface area contributed by atoms with Crippen LogP contribution in [0, 0.1) is 18.3 Å². The second-order valence-corrected chi connectivity index (χ2v) is 8.29. The topological polar surface area (TPSA) is 114 Å². The van der Waals surface area contributed by atoms with Gasteiger partial charge in [-0.3, -0.25) is 14.2 Å². The van der Waals surface area contributed by atoms with Crippen LogP contribution in [-0.4, -0.2) is 33.6 Å². The first kappa shape index (κ1) is 21.0. The van der Waals surface area contributed by atoms with E-state index in [0.29, 0.717) is 33.5 Å². The molecule has 2 aromatic rings. The Bertz CT molecular complexity index is 1030. The zero-order valence-corrected chi connectivity index (χ0v) is 17.4. The molecule has 0 aliphatic heterocycles. The fraction of sp³-hybridized carbons (Fsp3) is 0.550. The molecule has 1 aliphatic carbocycles. The Balaban J connectivity index is 1.85. The van der Waals surface area contributed by atoms with E-state index in [0.717, 1.165) is 37.0 Å². The molecule has 0 radical (unpaired) electrons. The minimum atomic E-state index is -0.871. The zero-order valence-electron chi connectivity index (χ0n) is 16.6. The summed E-state index contributed by atoms with van der Waals surface area (Å²) in [5.74, 6) is -0.879. The number of esters is 1. The quantitative estimate of drug-likeness (QED) is 0.592. The Morgan fingerprint density at radius 1 is 1.34 bits per heavy atom. The number of aryl methyl sites for hydroxylation is 1. The van der Waals surface area contributed by atoms with Crippen LogP contribution in [0.5, 0.6) is 0 Å². The predicted molar refractivity (Wildman–Crippen MR) is 109 cm³/mol. The molecule has 1 fully saturated rings. The fourth-order valence-corrected chi connectivity index (χ4v) is 4.75. The number of nitriles is 1. The van der Waals surface area contributed by atoms with Crippen molar-refractivity contribution in [3.63, 3.8) is 0 Å². The van der Waals surface area contributed by atoms with Crippen LogP contribution in [0.2, 0.25) is 0 Å². The molecule has 1 aliphatic rings. The van der Waals surface area contributed by atoms with Gasteiger partial charge in [0.05, 0.1) is 24.4 Å². The third kappa shape index (κ3) is 4.32. The second-order valence-electron chi connectivity index (χ2n) is 7.29. The maximum Gasteiger partial charge on any atom is 0.348 e. The summed E-state index contributed by atoms with van der Waals surface area (Å²) in [6.07, 6.45) is 6.44. The van der Waals surface area contributed by atoms with E-state index >= 15 is 0 Å². The predicted octanol–water partition coefficient (Wildman–Crippen LogP) is 2.68. The molecule has 0 bridgehead atoms. The third-order valence-electron chi connectivity index (χ3n) is 5.24. The summed E-state index contributed by atoms with van der Waals surface area (Å²) in [6.45, 7) is 3.40. The van der Waals surface area contributed by atoms with Gasteiger partial charge in [0.1, 0.15) is 21.8 Å². The van der Waals surface area contributed by atoms with Crippen LogP contribution in [0.25, 0.3) is 10.2 Å². The van der Waals surface area contributed by atoms with Gasteiger partial charge in [0.25, 0.3) is 5.56 Å². The minimum absolute atomic E-state index is 0.227. The first-order chi connectivity index (χ1) is 13.9. The monoisotopic (exact) mass is 416 g/mol. The molecule has 3 rings (SSSR count). The van der Waals surface area contributed by atoms with Crippen molar-refractivity contribution in [2.24, 2.45) is 0 Å². The summed E-state index contributed by atoms with van der Waals surface area (Å²) in [6, 6.07) is 2.27. The molecule has 0 saturated heterocycles. The van der Waals surface area contributed by atoms with E-state index in [9.17, 15) is 19.6 Å². The third-order valence-corrected chi connectivity index (χ3v) is 6.42. The molecule has 0 aromatic carbocycles. The van der Waals surface area contributed by atoms with Gasteiger partial charge in [0, 0.05) is 0 Å². The lowest BCUT2D eigenvalue weighted by Crippen LogP contribution is -2.48. The minimum Gasteiger partial charge on any atom is -0.462 e. The molecule has 2 heterocycles. The van der Waals surface area contributed by atoms with Crippen molar-refractivity contribution in [3.8, 4) is 6.07 Å². The van der Waals surface area contributed by atoms with E-state index < -0.39 is 17.4 Å². The highest BCUT2D eigenvalue weighted by molar-refractivity contribution is 7.20. The van der Waals surface area contributed by atoms with E-state index in [2.05, 4.69) is 16.4 Å². The number of carbonyl (C=O) groups is 2. The number of carbonyl (C=O) groups excluding carboxylic acids is 2. The van der Waals surface area contributed by atoms with E-state index in [-0.39, 0.29) is 18.7 Å². The van der Waals surface area contributed by atoms with Crippen molar-refractivity contribution in [2.45, 2.75) is 64.5 Å². The molecule has 0 spiro atoms. The van der Waals surface area contributed by atoms with Crippen LogP contribution < -0.4 is 10.9 Å². The lowest BCUT2D eigenvalue weighted by molar-refractivity contribution is -0.123. The van der Waals surface area contributed by atoms with Crippen LogP contribution in [0.4, 0.5) is 0 Å². The second kappa shape index (κ2) is 8.74. The number of nitrogens with one attached hydrogen (secondary N) is 1. The van der Waals surface area contributed by atoms with E-state index in [1.165, 1.54) is 10.9 Å². The molecule has 1 amide bonds. The van der Waals surface area contributed by atoms with Crippen molar-refractivity contribution < 1.29 is 14.3 Å². The Morgan fingerprint density at radius 2 is 2.03 bits per heavy atom. The standard InChI is InChI=1S/C20H24N4O4S/c1-3-28-19(27)16-13(2)15-17(29-16)22-12-24(18(15)26)10-14(25)23-20(11-21)8-6-4-5-7-9-20/h12H,3-10H2,1-2H3,(H,23,25). The van der Waals surface area contributed by atoms with Gasteiger partial charge in [-0.2, -0.15) is 5.26 Å². The molecule has 154 valence electrons. The van der Waals surface area contributed by atoms with Gasteiger partial charge >= 0.3 is 5.97 Å². The molecule has 0 atom stereocenters. The zero-order chi connectivity index (χ0) is 21.0. The lowest BCUT2D eigenvalue weighted by atomic mass is 9.92. The Labute approximate surface area is 172 Å². The van der Waals surface area contributed by atoms with Crippen molar-refractivity contribution >= 4 is 33.4 Å². The van der Waals surface area contributed by atoms with Crippen LogP contribution in [0.15, 0.2) is 11.1 Å². The number of aromatic nitrogens is 2. The SMILES string of the molecule is CCOC(=O)c1sc2ncn(CC(=O)NC3(C#N)CCCCCC3)c(=O)c2c1C. The highest BCUT2D eigenvalue weighted by Gasteiger charge is 2.32. The summed E-state index contributed by atoms with van der Waals surface area (Å²) >= 11 is 1.10. The Morgan fingerprint density at radius 3 is 2.66 bits per heavy atom. The summed E-state index contributed by atoms with van der Waals surface area (Å²) in [7, 11) is 0. The van der Waals surface area contributed by atoms with Crippen LogP contribution in [0.1, 0.15) is 60.7 Å². The summed E-state index contributed by atoms with van der Waals surface area (Å²) < 4.78 is 6.25. The number of nitrogens with zero attached hydrogens (tertiary/aromatic N) is 3. The van der Waals surface area contributed by atoms with Crippen LogP contribution in [-0.2, 0) is 16.1 Å². The smallest absolute Gasteiger partial charge is 0.348 e. The molecule has 0 unspecified atom stereocenters. The number of hydrogen-bond acceptors (Lipinski definition) is 7. The lowest BCUT2D eigenvalue weighted by Gasteiger charge is -2.26. The van der Waals surface area contributed by atoms with E-state index in [4.69, 9.17) is 4.74 Å². The van der Waals surface area contributed by atoms with Gasteiger partial charge in [-0.25, -0.2) is 9.78 Å². The van der Waals surface area contributed by atoms with E-state index in [1.54, 1.807) is 13.8 Å². The maximum atomic E-state index is 12.9. The summed E-state index contributed by atoms with van der Waals surface area (Å²) in [4.78, 5) is 42.6. The molecule has 1 N–H and O–H groups in total. The molecule has 8 nitrogen and oxygen atoms in total. The number of thiophene rings is 1. The Hall–Kier alpha value is -2.73. The van der Waals surface area contributed by atoms with Gasteiger partial charge in [0.15, 0.2) is 0 Å². The van der Waals surface area contributed by atoms with Crippen molar-refractivity contribution in [1.29, 1.82) is 5.26 Å². The number of amides is 1. The molecule has 29 heavy (non-hydrogen) atoms. The first-order valence-corrected chi connectivity index (χ1v) is 10.6.